The minimum atomic E-state index is -0.391. The van der Waals surface area contributed by atoms with Gasteiger partial charge in [-0.25, -0.2) is 4.79 Å². The molecule has 2 N–H and O–H groups in total. The van der Waals surface area contributed by atoms with E-state index in [1.165, 1.54) is 15.7 Å². The SMILES string of the molecule is CN(C)C(=O)c1cn[nH]c1NCc1ccc2c(c1)oc(=O)n2C. The van der Waals surface area contributed by atoms with Crippen molar-refractivity contribution in [3.05, 3.63) is 46.1 Å². The predicted octanol–water partition coefficient (Wildman–Crippen LogP) is 1.17. The number of hydrogen-bond acceptors (Lipinski definition) is 5. The van der Waals surface area contributed by atoms with Crippen molar-refractivity contribution in [1.29, 1.82) is 0 Å². The van der Waals surface area contributed by atoms with Gasteiger partial charge >= 0.3 is 5.76 Å². The first-order valence-electron chi connectivity index (χ1n) is 7.04. The largest absolute Gasteiger partial charge is 0.419 e. The number of fused-ring (bicyclic) bond motifs is 1. The average Bonchev–Trinajstić information content (AvgIpc) is 3.09. The molecule has 0 aliphatic rings. The van der Waals surface area contributed by atoms with Gasteiger partial charge in [0, 0.05) is 27.7 Å². The van der Waals surface area contributed by atoms with Crippen LogP contribution in [0.15, 0.2) is 33.6 Å². The number of aryl methyl sites for hydroxylation is 1. The van der Waals surface area contributed by atoms with E-state index in [4.69, 9.17) is 4.42 Å². The third-order valence-corrected chi connectivity index (χ3v) is 3.60. The summed E-state index contributed by atoms with van der Waals surface area (Å²) in [6.45, 7) is 0.463. The van der Waals surface area contributed by atoms with Crippen molar-refractivity contribution in [2.24, 2.45) is 7.05 Å². The van der Waals surface area contributed by atoms with Crippen molar-refractivity contribution in [2.45, 2.75) is 6.54 Å². The quantitative estimate of drug-likeness (QED) is 0.753. The summed E-state index contributed by atoms with van der Waals surface area (Å²) in [5, 5.41) is 9.82. The Kier molecular flexibility index (Phi) is 3.65. The lowest BCUT2D eigenvalue weighted by atomic mass is 10.2. The second kappa shape index (κ2) is 5.64. The molecule has 8 nitrogen and oxygen atoms in total. The second-order valence-electron chi connectivity index (χ2n) is 5.44. The van der Waals surface area contributed by atoms with Gasteiger partial charge in [0.15, 0.2) is 5.58 Å². The Hall–Kier alpha value is -3.03. The fourth-order valence-corrected chi connectivity index (χ4v) is 2.30. The number of nitrogens with one attached hydrogen (secondary N) is 2. The van der Waals surface area contributed by atoms with E-state index >= 15 is 0 Å². The highest BCUT2D eigenvalue weighted by Crippen LogP contribution is 2.17. The summed E-state index contributed by atoms with van der Waals surface area (Å²) in [6, 6.07) is 5.53. The minimum Gasteiger partial charge on any atom is -0.408 e. The van der Waals surface area contributed by atoms with Gasteiger partial charge in [0.05, 0.1) is 11.7 Å². The highest BCUT2D eigenvalue weighted by atomic mass is 16.4. The smallest absolute Gasteiger partial charge is 0.408 e. The fraction of sp³-hybridized carbons (Fsp3) is 0.267. The lowest BCUT2D eigenvalue weighted by Gasteiger charge is -2.11. The Morgan fingerprint density at radius 2 is 2.22 bits per heavy atom. The van der Waals surface area contributed by atoms with Crippen molar-refractivity contribution < 1.29 is 9.21 Å². The first-order valence-corrected chi connectivity index (χ1v) is 7.04. The van der Waals surface area contributed by atoms with Crippen LogP contribution >= 0.6 is 0 Å². The molecule has 0 atom stereocenters. The highest BCUT2D eigenvalue weighted by molar-refractivity contribution is 5.98. The van der Waals surface area contributed by atoms with E-state index in [0.29, 0.717) is 23.5 Å². The number of benzene rings is 1. The van der Waals surface area contributed by atoms with Crippen LogP contribution in [0.3, 0.4) is 0 Å². The van der Waals surface area contributed by atoms with E-state index in [-0.39, 0.29) is 5.91 Å². The van der Waals surface area contributed by atoms with E-state index in [1.807, 2.05) is 12.1 Å². The molecule has 8 heteroatoms. The maximum Gasteiger partial charge on any atom is 0.419 e. The van der Waals surface area contributed by atoms with E-state index in [2.05, 4.69) is 15.5 Å². The van der Waals surface area contributed by atoms with Crippen molar-refractivity contribution in [3.63, 3.8) is 0 Å². The van der Waals surface area contributed by atoms with Crippen LogP contribution < -0.4 is 11.1 Å². The monoisotopic (exact) mass is 315 g/mol. The maximum atomic E-state index is 12.0. The number of H-pyrrole nitrogens is 1. The second-order valence-corrected chi connectivity index (χ2v) is 5.44. The molecule has 2 aromatic heterocycles. The zero-order chi connectivity index (χ0) is 16.6. The summed E-state index contributed by atoms with van der Waals surface area (Å²) in [4.78, 5) is 25.0. The molecule has 0 saturated heterocycles. The van der Waals surface area contributed by atoms with Gasteiger partial charge in [-0.2, -0.15) is 5.10 Å². The summed E-state index contributed by atoms with van der Waals surface area (Å²) in [5.41, 5.74) is 2.67. The van der Waals surface area contributed by atoms with Gasteiger partial charge in [0.2, 0.25) is 0 Å². The minimum absolute atomic E-state index is 0.134. The molecule has 0 fully saturated rings. The molecule has 1 amide bonds. The topological polar surface area (TPSA) is 96.2 Å². The van der Waals surface area contributed by atoms with Gasteiger partial charge in [-0.3, -0.25) is 14.5 Å². The Morgan fingerprint density at radius 1 is 1.43 bits per heavy atom. The Balaban J connectivity index is 1.80. The molecule has 0 unspecified atom stereocenters. The molecular formula is C15H17N5O3. The molecule has 0 spiro atoms. The number of carbonyl (C=O) groups is 1. The molecule has 0 aliphatic heterocycles. The Bertz CT molecular complexity index is 919. The van der Waals surface area contributed by atoms with E-state index < -0.39 is 5.76 Å². The lowest BCUT2D eigenvalue weighted by Crippen LogP contribution is -2.22. The van der Waals surface area contributed by atoms with Gasteiger partial charge in [-0.05, 0) is 17.7 Å². The molecule has 3 rings (SSSR count). The van der Waals surface area contributed by atoms with Gasteiger partial charge in [0.1, 0.15) is 11.4 Å². The molecule has 0 saturated carbocycles. The fourth-order valence-electron chi connectivity index (χ4n) is 2.30. The predicted molar refractivity (Wildman–Crippen MR) is 85.4 cm³/mol. The zero-order valence-electron chi connectivity index (χ0n) is 13.1. The normalized spacial score (nSPS) is 10.9. The summed E-state index contributed by atoms with van der Waals surface area (Å²) >= 11 is 0. The van der Waals surface area contributed by atoms with Gasteiger partial charge in [-0.1, -0.05) is 6.07 Å². The number of amides is 1. The summed E-state index contributed by atoms with van der Waals surface area (Å²) in [5.74, 6) is 0.0293. The molecule has 0 aliphatic carbocycles. The third kappa shape index (κ3) is 2.70. The number of rotatable bonds is 4. The number of hydrogen-bond donors (Lipinski definition) is 2. The molecule has 2 heterocycles. The maximum absolute atomic E-state index is 12.0. The first-order chi connectivity index (χ1) is 11.0. The number of aromatic amines is 1. The van der Waals surface area contributed by atoms with Gasteiger partial charge in [-0.15, -0.1) is 0 Å². The van der Waals surface area contributed by atoms with Crippen molar-refractivity contribution in [2.75, 3.05) is 19.4 Å². The van der Waals surface area contributed by atoms with Crippen LogP contribution in [0.2, 0.25) is 0 Å². The van der Waals surface area contributed by atoms with Crippen LogP contribution in [-0.2, 0) is 13.6 Å². The van der Waals surface area contributed by atoms with Crippen molar-refractivity contribution in [3.8, 4) is 0 Å². The summed E-state index contributed by atoms with van der Waals surface area (Å²) in [7, 11) is 5.03. The lowest BCUT2D eigenvalue weighted by molar-refractivity contribution is 0.0828. The van der Waals surface area contributed by atoms with Gasteiger partial charge in [0.25, 0.3) is 5.91 Å². The van der Waals surface area contributed by atoms with E-state index in [0.717, 1.165) is 11.1 Å². The molecule has 0 bridgehead atoms. The van der Waals surface area contributed by atoms with Crippen LogP contribution in [0.1, 0.15) is 15.9 Å². The standard InChI is InChI=1S/C15H17N5O3/c1-19(2)14(21)10-8-17-18-13(10)16-7-9-4-5-11-12(6-9)23-15(22)20(11)3/h4-6,8H,7H2,1-3H3,(H2,16,17,18). The number of carbonyl (C=O) groups excluding carboxylic acids is 1. The number of anilines is 1. The van der Waals surface area contributed by atoms with Crippen LogP contribution in [0.4, 0.5) is 5.82 Å². The number of oxazole rings is 1. The van der Waals surface area contributed by atoms with Crippen molar-refractivity contribution >= 4 is 22.8 Å². The third-order valence-electron chi connectivity index (χ3n) is 3.60. The Morgan fingerprint density at radius 3 is 2.96 bits per heavy atom. The molecule has 0 radical (unpaired) electrons. The van der Waals surface area contributed by atoms with Crippen LogP contribution in [-0.4, -0.2) is 39.7 Å². The molecular weight excluding hydrogens is 298 g/mol. The van der Waals surface area contributed by atoms with Crippen LogP contribution in [0, 0.1) is 0 Å². The number of nitrogens with zero attached hydrogens (tertiary/aromatic N) is 3. The van der Waals surface area contributed by atoms with E-state index in [9.17, 15) is 9.59 Å². The van der Waals surface area contributed by atoms with Crippen LogP contribution in [0.5, 0.6) is 0 Å². The molecule has 23 heavy (non-hydrogen) atoms. The number of aromatic nitrogens is 3. The highest BCUT2D eigenvalue weighted by Gasteiger charge is 2.15. The van der Waals surface area contributed by atoms with Crippen molar-refractivity contribution in [1.82, 2.24) is 19.7 Å². The van der Waals surface area contributed by atoms with Gasteiger partial charge < -0.3 is 14.6 Å². The van der Waals surface area contributed by atoms with Crippen LogP contribution in [0.25, 0.3) is 11.1 Å². The molecule has 120 valence electrons. The summed E-state index contributed by atoms with van der Waals surface area (Å²) < 4.78 is 6.62. The first kappa shape index (κ1) is 14.9. The molecule has 1 aromatic carbocycles. The summed E-state index contributed by atoms with van der Waals surface area (Å²) in [6.07, 6.45) is 1.49. The zero-order valence-corrected chi connectivity index (χ0v) is 13.1. The van der Waals surface area contributed by atoms with E-state index in [1.54, 1.807) is 27.2 Å². The Labute approximate surface area is 131 Å². The molecule has 3 aromatic rings. The average molecular weight is 315 g/mol.